The molecule has 1 aliphatic rings. The van der Waals surface area contributed by atoms with Gasteiger partial charge in [0.05, 0.1) is 0 Å². The molecule has 1 aromatic heterocycles. The molecule has 2 unspecified atom stereocenters. The van der Waals surface area contributed by atoms with Gasteiger partial charge in [-0.2, -0.15) is 0 Å². The molecule has 5 nitrogen and oxygen atoms in total. The van der Waals surface area contributed by atoms with Crippen LogP contribution >= 0.6 is 0 Å². The van der Waals surface area contributed by atoms with E-state index in [0.717, 1.165) is 25.2 Å². The van der Waals surface area contributed by atoms with Crippen molar-refractivity contribution in [2.75, 3.05) is 25.0 Å². The highest BCUT2D eigenvalue weighted by molar-refractivity contribution is 5.92. The number of rotatable bonds is 2. The molecule has 98 valence electrons. The Morgan fingerprint density at radius 1 is 1.61 bits per heavy atom. The van der Waals surface area contributed by atoms with Crippen LogP contribution in [0.1, 0.15) is 23.8 Å². The molecule has 0 bridgehead atoms. The summed E-state index contributed by atoms with van der Waals surface area (Å²) in [5, 5.41) is 2.59. The van der Waals surface area contributed by atoms with Crippen molar-refractivity contribution in [3.05, 3.63) is 24.0 Å². The quantitative estimate of drug-likeness (QED) is 0.804. The van der Waals surface area contributed by atoms with Crippen molar-refractivity contribution in [1.29, 1.82) is 0 Å². The number of hydrogen-bond acceptors (Lipinski definition) is 4. The standard InChI is InChI=1S/C13H20N4O/c1-9-8-17(6-4-11(9)14)10-3-5-16-12(7-10)13(18)15-2/h3,5,7,9,11H,4,6,8,14H2,1-2H3,(H,15,18). The van der Waals surface area contributed by atoms with Crippen molar-refractivity contribution in [1.82, 2.24) is 10.3 Å². The van der Waals surface area contributed by atoms with Gasteiger partial charge in [-0.3, -0.25) is 9.78 Å². The fraction of sp³-hybridized carbons (Fsp3) is 0.538. The number of amides is 1. The van der Waals surface area contributed by atoms with Crippen LogP contribution in [-0.4, -0.2) is 37.1 Å². The van der Waals surface area contributed by atoms with E-state index in [0.29, 0.717) is 11.6 Å². The normalized spacial score (nSPS) is 23.8. The molecule has 2 atom stereocenters. The minimum absolute atomic E-state index is 0.154. The Bertz CT molecular complexity index is 435. The van der Waals surface area contributed by atoms with Gasteiger partial charge in [0.15, 0.2) is 0 Å². The molecule has 18 heavy (non-hydrogen) atoms. The highest BCUT2D eigenvalue weighted by Crippen LogP contribution is 2.22. The molecule has 1 saturated heterocycles. The molecule has 0 spiro atoms. The molecule has 3 N–H and O–H groups in total. The van der Waals surface area contributed by atoms with Gasteiger partial charge >= 0.3 is 0 Å². The van der Waals surface area contributed by atoms with Crippen LogP contribution < -0.4 is 16.0 Å². The molecule has 2 rings (SSSR count). The second-order valence-corrected chi connectivity index (χ2v) is 4.85. The molecule has 1 aliphatic heterocycles. The Hall–Kier alpha value is -1.62. The third-order valence-electron chi connectivity index (χ3n) is 3.54. The molecular formula is C13H20N4O. The van der Waals surface area contributed by atoms with E-state index < -0.39 is 0 Å². The van der Waals surface area contributed by atoms with Crippen LogP contribution in [0.2, 0.25) is 0 Å². The Balaban J connectivity index is 2.16. The monoisotopic (exact) mass is 248 g/mol. The number of carbonyl (C=O) groups is 1. The summed E-state index contributed by atoms with van der Waals surface area (Å²) >= 11 is 0. The summed E-state index contributed by atoms with van der Waals surface area (Å²) in [6.07, 6.45) is 2.66. The van der Waals surface area contributed by atoms with Crippen LogP contribution in [0.3, 0.4) is 0 Å². The molecule has 0 aliphatic carbocycles. The average Bonchev–Trinajstić information content (AvgIpc) is 2.41. The van der Waals surface area contributed by atoms with Gasteiger partial charge in [0.2, 0.25) is 0 Å². The second kappa shape index (κ2) is 5.35. The zero-order valence-corrected chi connectivity index (χ0v) is 10.9. The lowest BCUT2D eigenvalue weighted by atomic mass is 9.94. The van der Waals surface area contributed by atoms with E-state index in [1.54, 1.807) is 13.2 Å². The third-order valence-corrected chi connectivity index (χ3v) is 3.54. The van der Waals surface area contributed by atoms with Crippen molar-refractivity contribution < 1.29 is 4.79 Å². The van der Waals surface area contributed by atoms with E-state index in [-0.39, 0.29) is 11.9 Å². The highest BCUT2D eigenvalue weighted by Gasteiger charge is 2.23. The fourth-order valence-electron chi connectivity index (χ4n) is 2.27. The number of piperidine rings is 1. The Morgan fingerprint density at radius 2 is 2.39 bits per heavy atom. The summed E-state index contributed by atoms with van der Waals surface area (Å²) in [5.41, 5.74) is 7.51. The first-order chi connectivity index (χ1) is 8.61. The summed E-state index contributed by atoms with van der Waals surface area (Å²) < 4.78 is 0. The number of anilines is 1. The van der Waals surface area contributed by atoms with Crippen molar-refractivity contribution in [3.8, 4) is 0 Å². The number of aromatic nitrogens is 1. The van der Waals surface area contributed by atoms with E-state index in [4.69, 9.17) is 5.73 Å². The molecule has 0 radical (unpaired) electrons. The number of pyridine rings is 1. The number of nitrogens with two attached hydrogens (primary N) is 1. The van der Waals surface area contributed by atoms with Crippen molar-refractivity contribution in [2.24, 2.45) is 11.7 Å². The van der Waals surface area contributed by atoms with Crippen LogP contribution in [0, 0.1) is 5.92 Å². The number of carbonyl (C=O) groups excluding carboxylic acids is 1. The topological polar surface area (TPSA) is 71.2 Å². The smallest absolute Gasteiger partial charge is 0.269 e. The van der Waals surface area contributed by atoms with Crippen LogP contribution in [-0.2, 0) is 0 Å². The van der Waals surface area contributed by atoms with E-state index in [2.05, 4.69) is 22.1 Å². The van der Waals surface area contributed by atoms with Gasteiger partial charge in [-0.05, 0) is 24.5 Å². The summed E-state index contributed by atoms with van der Waals surface area (Å²) in [6.45, 7) is 4.03. The second-order valence-electron chi connectivity index (χ2n) is 4.85. The molecule has 2 heterocycles. The van der Waals surface area contributed by atoms with E-state index in [1.165, 1.54) is 0 Å². The summed E-state index contributed by atoms with van der Waals surface area (Å²) in [4.78, 5) is 17.9. The van der Waals surface area contributed by atoms with Gasteiger partial charge in [-0.15, -0.1) is 0 Å². The molecule has 0 saturated carbocycles. The predicted octanol–water partition coefficient (Wildman–Crippen LogP) is 0.615. The van der Waals surface area contributed by atoms with Crippen LogP contribution in [0.25, 0.3) is 0 Å². The minimum Gasteiger partial charge on any atom is -0.371 e. The molecule has 5 heteroatoms. The van der Waals surface area contributed by atoms with E-state index >= 15 is 0 Å². The lowest BCUT2D eigenvalue weighted by Crippen LogP contribution is -2.46. The minimum atomic E-state index is -0.154. The first-order valence-corrected chi connectivity index (χ1v) is 6.30. The summed E-state index contributed by atoms with van der Waals surface area (Å²) in [7, 11) is 1.61. The van der Waals surface area contributed by atoms with Crippen LogP contribution in [0.5, 0.6) is 0 Å². The fourth-order valence-corrected chi connectivity index (χ4v) is 2.27. The van der Waals surface area contributed by atoms with Gasteiger partial charge in [0.1, 0.15) is 5.69 Å². The van der Waals surface area contributed by atoms with Crippen LogP contribution in [0.15, 0.2) is 18.3 Å². The SMILES string of the molecule is CNC(=O)c1cc(N2CCC(N)C(C)C2)ccn1. The highest BCUT2D eigenvalue weighted by atomic mass is 16.1. The lowest BCUT2D eigenvalue weighted by molar-refractivity contribution is 0.0958. The maximum atomic E-state index is 11.6. The average molecular weight is 248 g/mol. The van der Waals surface area contributed by atoms with Gasteiger partial charge in [-0.1, -0.05) is 6.92 Å². The maximum absolute atomic E-state index is 11.6. The molecule has 1 amide bonds. The number of nitrogens with one attached hydrogen (secondary N) is 1. The Kier molecular flexibility index (Phi) is 3.81. The molecule has 1 aromatic rings. The Labute approximate surface area is 107 Å². The van der Waals surface area contributed by atoms with Crippen molar-refractivity contribution in [3.63, 3.8) is 0 Å². The van der Waals surface area contributed by atoms with E-state index in [1.807, 2.05) is 12.1 Å². The Morgan fingerprint density at radius 3 is 3.06 bits per heavy atom. The van der Waals surface area contributed by atoms with Crippen molar-refractivity contribution >= 4 is 11.6 Å². The van der Waals surface area contributed by atoms with Gasteiger partial charge < -0.3 is 16.0 Å². The molecular weight excluding hydrogens is 228 g/mol. The van der Waals surface area contributed by atoms with Crippen molar-refractivity contribution in [2.45, 2.75) is 19.4 Å². The number of nitrogens with zero attached hydrogens (tertiary/aromatic N) is 2. The van der Waals surface area contributed by atoms with Gasteiger partial charge in [-0.25, -0.2) is 0 Å². The van der Waals surface area contributed by atoms with Crippen LogP contribution in [0.4, 0.5) is 5.69 Å². The summed E-state index contributed by atoms with van der Waals surface area (Å²) in [6, 6.07) is 4.06. The molecule has 1 fully saturated rings. The lowest BCUT2D eigenvalue weighted by Gasteiger charge is -2.36. The zero-order valence-electron chi connectivity index (χ0n) is 10.9. The summed E-state index contributed by atoms with van der Waals surface area (Å²) in [5.74, 6) is 0.314. The first kappa shape index (κ1) is 12.8. The predicted molar refractivity (Wildman–Crippen MR) is 71.6 cm³/mol. The third kappa shape index (κ3) is 2.61. The maximum Gasteiger partial charge on any atom is 0.269 e. The number of hydrogen-bond donors (Lipinski definition) is 2. The largest absolute Gasteiger partial charge is 0.371 e. The van der Waals surface area contributed by atoms with E-state index in [9.17, 15) is 4.79 Å². The van der Waals surface area contributed by atoms with Gasteiger partial charge in [0.25, 0.3) is 5.91 Å². The zero-order chi connectivity index (χ0) is 13.1. The molecule has 0 aromatic carbocycles. The first-order valence-electron chi connectivity index (χ1n) is 6.30. The van der Waals surface area contributed by atoms with Gasteiger partial charge in [0, 0.05) is 38.1 Å².